The van der Waals surface area contributed by atoms with E-state index >= 15 is 0 Å². The molecule has 1 aromatic carbocycles. The first kappa shape index (κ1) is 11.8. The van der Waals surface area contributed by atoms with E-state index in [9.17, 15) is 4.79 Å². The summed E-state index contributed by atoms with van der Waals surface area (Å²) in [5, 5.41) is 9.33. The fourth-order valence-corrected chi connectivity index (χ4v) is 1.85. The lowest BCUT2D eigenvalue weighted by Crippen LogP contribution is -2.02. The lowest BCUT2D eigenvalue weighted by Gasteiger charge is -2.06. The van der Waals surface area contributed by atoms with Crippen molar-refractivity contribution in [3.63, 3.8) is 0 Å². The van der Waals surface area contributed by atoms with Crippen molar-refractivity contribution in [1.29, 1.82) is 0 Å². The molecule has 0 radical (unpaired) electrons. The highest BCUT2D eigenvalue weighted by Gasteiger charge is 2.14. The lowest BCUT2D eigenvalue weighted by molar-refractivity contribution is 0.144. The normalized spacial score (nSPS) is 10.2. The molecule has 0 aliphatic rings. The Morgan fingerprint density at radius 2 is 2.00 bits per heavy atom. The molecule has 0 atom stereocenters. The Hall–Kier alpha value is -1.65. The van der Waals surface area contributed by atoms with Crippen LogP contribution in [0.2, 0.25) is 10.0 Å². The van der Waals surface area contributed by atoms with Gasteiger partial charge in [-0.2, -0.15) is 0 Å². The van der Waals surface area contributed by atoms with Gasteiger partial charge in [-0.1, -0.05) is 35.3 Å². The molecule has 0 saturated carbocycles. The van der Waals surface area contributed by atoms with E-state index in [-0.39, 0.29) is 5.75 Å². The topological polar surface area (TPSA) is 62.3 Å². The number of carboxylic acid groups (broad SMARTS) is 1. The zero-order valence-corrected chi connectivity index (χ0v) is 9.92. The average Bonchev–Trinajstić information content (AvgIpc) is 2.69. The molecule has 1 heterocycles. The maximum Gasteiger partial charge on any atom is 0.511 e. The predicted octanol–water partition coefficient (Wildman–Crippen LogP) is 4.05. The minimum absolute atomic E-state index is 0.182. The van der Waals surface area contributed by atoms with E-state index in [0.717, 1.165) is 0 Å². The number of hydrogen-bond donors (Lipinski definition) is 2. The van der Waals surface area contributed by atoms with E-state index in [2.05, 4.69) is 9.72 Å². The van der Waals surface area contributed by atoms with E-state index in [1.54, 1.807) is 24.4 Å². The third-order valence-corrected chi connectivity index (χ3v) is 2.97. The Bertz CT molecular complexity index is 566. The van der Waals surface area contributed by atoms with Crippen LogP contribution < -0.4 is 4.74 Å². The minimum atomic E-state index is -1.39. The Morgan fingerprint density at radius 3 is 2.71 bits per heavy atom. The molecule has 1 aromatic heterocycles. The number of rotatable bonds is 2. The van der Waals surface area contributed by atoms with Gasteiger partial charge < -0.3 is 14.8 Å². The van der Waals surface area contributed by atoms with E-state index in [1.807, 2.05) is 0 Å². The number of hydrogen-bond acceptors (Lipinski definition) is 2. The fourth-order valence-electron chi connectivity index (χ4n) is 1.45. The van der Waals surface area contributed by atoms with E-state index < -0.39 is 6.16 Å². The number of benzene rings is 1. The van der Waals surface area contributed by atoms with Crippen molar-refractivity contribution in [3.05, 3.63) is 40.6 Å². The molecule has 17 heavy (non-hydrogen) atoms. The van der Waals surface area contributed by atoms with Gasteiger partial charge in [0, 0.05) is 23.5 Å². The van der Waals surface area contributed by atoms with E-state index in [0.29, 0.717) is 21.2 Å². The molecule has 6 heteroatoms. The number of nitrogens with one attached hydrogen (secondary N) is 1. The van der Waals surface area contributed by atoms with Crippen molar-refractivity contribution in [2.45, 2.75) is 0 Å². The SMILES string of the molecule is O=C(O)Oc1c[nH]cc1-c1cccc(Cl)c1Cl. The predicted molar refractivity (Wildman–Crippen MR) is 64.9 cm³/mol. The molecule has 0 unspecified atom stereocenters. The number of ether oxygens (including phenoxy) is 1. The van der Waals surface area contributed by atoms with Crippen LogP contribution >= 0.6 is 23.2 Å². The van der Waals surface area contributed by atoms with Gasteiger partial charge in [0.2, 0.25) is 0 Å². The molecule has 2 rings (SSSR count). The number of halogens is 2. The average molecular weight is 272 g/mol. The molecule has 0 bridgehead atoms. The van der Waals surface area contributed by atoms with E-state index in [1.165, 1.54) is 6.20 Å². The maximum atomic E-state index is 10.5. The number of aromatic nitrogens is 1. The fraction of sp³-hybridized carbons (Fsp3) is 0. The smallest absolute Gasteiger partial charge is 0.449 e. The van der Waals surface area contributed by atoms with Crippen LogP contribution in [-0.4, -0.2) is 16.2 Å². The van der Waals surface area contributed by atoms with Crippen LogP contribution in [0.15, 0.2) is 30.6 Å². The van der Waals surface area contributed by atoms with E-state index in [4.69, 9.17) is 28.3 Å². The summed E-state index contributed by atoms with van der Waals surface area (Å²) < 4.78 is 4.62. The summed E-state index contributed by atoms with van der Waals surface area (Å²) in [6.45, 7) is 0. The van der Waals surface area contributed by atoms with Crippen molar-refractivity contribution < 1.29 is 14.6 Å². The molecule has 0 spiro atoms. The molecule has 4 nitrogen and oxygen atoms in total. The maximum absolute atomic E-state index is 10.5. The minimum Gasteiger partial charge on any atom is -0.449 e. The quantitative estimate of drug-likeness (QED) is 0.811. The number of aromatic amines is 1. The van der Waals surface area contributed by atoms with Crippen molar-refractivity contribution in [1.82, 2.24) is 4.98 Å². The molecular formula is C11H7Cl2NO3. The highest BCUT2D eigenvalue weighted by molar-refractivity contribution is 6.43. The molecule has 2 N–H and O–H groups in total. The Kier molecular flexibility index (Phi) is 3.26. The summed E-state index contributed by atoms with van der Waals surface area (Å²) >= 11 is 11.9. The van der Waals surface area contributed by atoms with Gasteiger partial charge in [-0.25, -0.2) is 4.79 Å². The Balaban J connectivity index is 2.50. The van der Waals surface area contributed by atoms with Crippen molar-refractivity contribution in [3.8, 4) is 16.9 Å². The van der Waals surface area contributed by atoms with Crippen molar-refractivity contribution in [2.24, 2.45) is 0 Å². The first-order valence-electron chi connectivity index (χ1n) is 4.61. The van der Waals surface area contributed by atoms with Gasteiger partial charge in [-0.15, -0.1) is 0 Å². The summed E-state index contributed by atoms with van der Waals surface area (Å²) in [6, 6.07) is 5.10. The first-order valence-corrected chi connectivity index (χ1v) is 5.37. The summed E-state index contributed by atoms with van der Waals surface area (Å²) in [6.07, 6.45) is 1.64. The summed E-state index contributed by atoms with van der Waals surface area (Å²) in [5.74, 6) is 0.182. The molecule has 0 saturated heterocycles. The Labute approximate surface area is 107 Å². The largest absolute Gasteiger partial charge is 0.511 e. The van der Waals surface area contributed by atoms with Crippen LogP contribution in [0, 0.1) is 0 Å². The number of carbonyl (C=O) groups is 1. The molecule has 0 fully saturated rings. The molecule has 0 amide bonds. The van der Waals surface area contributed by atoms with Crippen LogP contribution in [0.25, 0.3) is 11.1 Å². The van der Waals surface area contributed by atoms with Crippen LogP contribution in [0.1, 0.15) is 0 Å². The second-order valence-corrected chi connectivity index (χ2v) is 3.99. The van der Waals surface area contributed by atoms with Crippen LogP contribution in [0.4, 0.5) is 4.79 Å². The lowest BCUT2D eigenvalue weighted by atomic mass is 10.1. The van der Waals surface area contributed by atoms with Crippen LogP contribution in [0.5, 0.6) is 5.75 Å². The molecule has 0 aliphatic carbocycles. The summed E-state index contributed by atoms with van der Waals surface area (Å²) in [4.78, 5) is 13.3. The highest BCUT2D eigenvalue weighted by atomic mass is 35.5. The monoisotopic (exact) mass is 271 g/mol. The van der Waals surface area contributed by atoms with Crippen molar-refractivity contribution in [2.75, 3.05) is 0 Å². The third-order valence-electron chi connectivity index (χ3n) is 2.15. The summed E-state index contributed by atoms with van der Waals surface area (Å²) in [7, 11) is 0. The van der Waals surface area contributed by atoms with Gasteiger partial charge in [-0.05, 0) is 6.07 Å². The van der Waals surface area contributed by atoms with Crippen molar-refractivity contribution >= 4 is 29.4 Å². The molecular weight excluding hydrogens is 265 g/mol. The van der Waals surface area contributed by atoms with Gasteiger partial charge in [0.15, 0.2) is 5.75 Å². The van der Waals surface area contributed by atoms with Gasteiger partial charge in [0.05, 0.1) is 10.0 Å². The third kappa shape index (κ3) is 2.38. The van der Waals surface area contributed by atoms with Gasteiger partial charge in [0.1, 0.15) is 0 Å². The Morgan fingerprint density at radius 1 is 1.24 bits per heavy atom. The van der Waals surface area contributed by atoms with Gasteiger partial charge in [-0.3, -0.25) is 0 Å². The number of H-pyrrole nitrogens is 1. The molecule has 0 aliphatic heterocycles. The van der Waals surface area contributed by atoms with Gasteiger partial charge in [0.25, 0.3) is 0 Å². The van der Waals surface area contributed by atoms with Crippen LogP contribution in [-0.2, 0) is 0 Å². The summed E-state index contributed by atoms with van der Waals surface area (Å²) in [5.41, 5.74) is 1.15. The zero-order valence-electron chi connectivity index (χ0n) is 8.41. The first-order chi connectivity index (χ1) is 8.09. The zero-order chi connectivity index (χ0) is 12.4. The molecule has 2 aromatic rings. The standard InChI is InChI=1S/C11H7Cl2NO3/c12-8-3-1-2-6(10(8)13)7-4-14-5-9(7)17-11(15)16/h1-5,14H,(H,15,16). The van der Waals surface area contributed by atoms with Crippen LogP contribution in [0.3, 0.4) is 0 Å². The molecule has 88 valence electrons. The van der Waals surface area contributed by atoms with Gasteiger partial charge >= 0.3 is 6.16 Å². The highest BCUT2D eigenvalue weighted by Crippen LogP contribution is 2.38. The second-order valence-electron chi connectivity index (χ2n) is 3.20. The second kappa shape index (κ2) is 4.69.